The largest absolute Gasteiger partial charge is 0.483 e. The number of amides is 8. The van der Waals surface area contributed by atoms with Crippen molar-refractivity contribution < 1.29 is 48.2 Å². The van der Waals surface area contributed by atoms with Crippen LogP contribution in [0.5, 0.6) is 5.75 Å². The molecule has 0 aliphatic carbocycles. The Bertz CT molecular complexity index is 2290. The lowest BCUT2D eigenvalue weighted by atomic mass is 9.85. The molecule has 4 heterocycles. The fourth-order valence-electron chi connectivity index (χ4n) is 8.51. The summed E-state index contributed by atoms with van der Waals surface area (Å²) < 4.78 is 5.65. The van der Waals surface area contributed by atoms with E-state index < -0.39 is 59.2 Å². The lowest BCUT2D eigenvalue weighted by Gasteiger charge is -2.35. The molecule has 3 aliphatic rings. The van der Waals surface area contributed by atoms with Gasteiger partial charge in [-0.2, -0.15) is 0 Å². The van der Waals surface area contributed by atoms with Crippen molar-refractivity contribution in [1.82, 2.24) is 36.1 Å². The Morgan fingerprint density at radius 1 is 0.909 bits per heavy atom. The summed E-state index contributed by atoms with van der Waals surface area (Å²) in [5.41, 5.74) is 4.13. The second kappa shape index (κ2) is 22.5. The summed E-state index contributed by atoms with van der Waals surface area (Å²) in [5.74, 6) is -3.83. The Labute approximate surface area is 388 Å². The highest BCUT2D eigenvalue weighted by molar-refractivity contribution is 7.13. The van der Waals surface area contributed by atoms with Gasteiger partial charge in [0.25, 0.3) is 17.7 Å². The van der Waals surface area contributed by atoms with Crippen molar-refractivity contribution in [3.8, 4) is 16.2 Å². The van der Waals surface area contributed by atoms with Gasteiger partial charge in [-0.1, -0.05) is 89.6 Å². The van der Waals surface area contributed by atoms with Crippen LogP contribution in [-0.2, 0) is 35.3 Å². The van der Waals surface area contributed by atoms with Crippen LogP contribution >= 0.6 is 11.3 Å². The first kappa shape index (κ1) is 49.4. The number of hydrogen-bond acceptors (Lipinski definition) is 12. The van der Waals surface area contributed by atoms with E-state index in [0.29, 0.717) is 13.0 Å². The van der Waals surface area contributed by atoms with Crippen LogP contribution in [0.4, 0.5) is 0 Å². The third kappa shape index (κ3) is 12.5. The van der Waals surface area contributed by atoms with Gasteiger partial charge in [-0.25, -0.2) is 4.98 Å². The molecule has 17 nitrogen and oxygen atoms in total. The molecule has 2 saturated heterocycles. The van der Waals surface area contributed by atoms with Crippen molar-refractivity contribution in [3.05, 3.63) is 70.4 Å². The van der Waals surface area contributed by atoms with Crippen LogP contribution in [0.3, 0.4) is 0 Å². The maximum absolute atomic E-state index is 14.0. The molecule has 2 fully saturated rings. The smallest absolute Gasteiger partial charge is 0.266 e. The molecule has 2 aromatic carbocycles. The molecular weight excluding hydrogens is 867 g/mol. The predicted molar refractivity (Wildman–Crippen MR) is 245 cm³/mol. The van der Waals surface area contributed by atoms with Crippen LogP contribution in [0.1, 0.15) is 130 Å². The summed E-state index contributed by atoms with van der Waals surface area (Å²) in [5, 5.41) is 21.4. The van der Waals surface area contributed by atoms with Gasteiger partial charge >= 0.3 is 0 Å². The average molecular weight is 928 g/mol. The zero-order valence-electron chi connectivity index (χ0n) is 38.1. The number of likely N-dealkylation sites (tertiary alicyclic amines) is 1. The normalized spacial score (nSPS) is 18.8. The van der Waals surface area contributed by atoms with E-state index >= 15 is 0 Å². The first-order valence-corrected chi connectivity index (χ1v) is 23.7. The fraction of sp³-hybridized carbons (Fsp3) is 0.521. The van der Waals surface area contributed by atoms with E-state index in [0.717, 1.165) is 71.5 Å². The number of imide groups is 2. The molecule has 0 radical (unpaired) electrons. The first-order chi connectivity index (χ1) is 31.5. The molecule has 0 spiro atoms. The van der Waals surface area contributed by atoms with Gasteiger partial charge in [0.1, 0.15) is 23.9 Å². The Balaban J connectivity index is 0.832. The zero-order chi connectivity index (χ0) is 47.5. The second-order valence-electron chi connectivity index (χ2n) is 18.3. The summed E-state index contributed by atoms with van der Waals surface area (Å²) in [6, 6.07) is 9.51. The molecule has 66 heavy (non-hydrogen) atoms. The first-order valence-electron chi connectivity index (χ1n) is 22.8. The van der Waals surface area contributed by atoms with Crippen molar-refractivity contribution >= 4 is 58.6 Å². The minimum Gasteiger partial charge on any atom is -0.483 e. The van der Waals surface area contributed by atoms with E-state index in [-0.39, 0.29) is 80.0 Å². The number of aryl methyl sites for hydroxylation is 1. The number of aromatic nitrogens is 1. The quantitative estimate of drug-likeness (QED) is 0.0745. The molecule has 1 aromatic heterocycles. The maximum Gasteiger partial charge on any atom is 0.266 e. The molecule has 6 rings (SSSR count). The molecule has 0 saturated carbocycles. The van der Waals surface area contributed by atoms with Crippen LogP contribution in [0.15, 0.2) is 48.0 Å². The maximum atomic E-state index is 14.0. The van der Waals surface area contributed by atoms with Crippen LogP contribution in [-0.4, -0.2) is 111 Å². The molecule has 8 amide bonds. The molecule has 3 aliphatic heterocycles. The monoisotopic (exact) mass is 927 g/mol. The highest BCUT2D eigenvalue weighted by atomic mass is 32.1. The van der Waals surface area contributed by atoms with Crippen LogP contribution in [0.2, 0.25) is 0 Å². The van der Waals surface area contributed by atoms with Gasteiger partial charge in [0.05, 0.1) is 33.3 Å². The van der Waals surface area contributed by atoms with E-state index in [4.69, 9.17) is 4.74 Å². The van der Waals surface area contributed by atoms with Gasteiger partial charge in [-0.15, -0.1) is 11.3 Å². The molecule has 4 atom stereocenters. The number of nitrogens with one attached hydrogen (secondary N) is 4. The van der Waals surface area contributed by atoms with Gasteiger partial charge in [-0.05, 0) is 54.9 Å². The average Bonchev–Trinajstić information content (AvgIpc) is 3.97. The third-order valence-electron chi connectivity index (χ3n) is 12.2. The Morgan fingerprint density at radius 2 is 1.61 bits per heavy atom. The number of benzene rings is 2. The summed E-state index contributed by atoms with van der Waals surface area (Å²) in [6.07, 6.45) is 6.67. The molecule has 18 heteroatoms. The number of thiazole rings is 1. The molecule has 0 bridgehead atoms. The van der Waals surface area contributed by atoms with Crippen molar-refractivity contribution in [3.63, 3.8) is 0 Å². The van der Waals surface area contributed by atoms with E-state index in [2.05, 4.69) is 26.3 Å². The number of aliphatic hydroxyl groups is 1. The SMILES string of the molecule is Cc1ncsc1-c1ccc(CNC(=O)[C@@H]2C[C@@H](O)CN2C(=O)[C@@H](NC(=O)CCCCCCCCCCNC(=O)COc2cccc3c2C(=O)N(C2CCC(=O)NC2=O)C3=O)C(C)(C)C)cc1. The summed E-state index contributed by atoms with van der Waals surface area (Å²) in [4.78, 5) is 111. The lowest BCUT2D eigenvalue weighted by Crippen LogP contribution is -2.57. The Morgan fingerprint density at radius 3 is 2.27 bits per heavy atom. The number of β-amino-alcohol motifs (C(OH)–C–C–N with tert-alkyl or cyclic N) is 1. The Kier molecular flexibility index (Phi) is 16.8. The molecule has 1 unspecified atom stereocenters. The van der Waals surface area contributed by atoms with Gasteiger partial charge in [0, 0.05) is 38.9 Å². The highest BCUT2D eigenvalue weighted by Crippen LogP contribution is 2.34. The van der Waals surface area contributed by atoms with E-state index in [9.17, 15) is 43.5 Å². The number of piperidine rings is 1. The fourth-order valence-corrected chi connectivity index (χ4v) is 9.32. The van der Waals surface area contributed by atoms with E-state index in [1.165, 1.54) is 23.1 Å². The van der Waals surface area contributed by atoms with Crippen LogP contribution < -0.4 is 26.0 Å². The minimum absolute atomic E-state index is 0.00813. The summed E-state index contributed by atoms with van der Waals surface area (Å²) >= 11 is 1.57. The number of unbranched alkanes of at least 4 members (excludes halogenated alkanes) is 7. The van der Waals surface area contributed by atoms with Gasteiger partial charge < -0.3 is 30.7 Å². The predicted octanol–water partition coefficient (Wildman–Crippen LogP) is 4.33. The number of carbonyl (C=O) groups is 8. The van der Waals surface area contributed by atoms with Crippen molar-refractivity contribution in [2.45, 2.75) is 136 Å². The van der Waals surface area contributed by atoms with E-state index in [1.54, 1.807) is 11.3 Å². The molecule has 3 aromatic rings. The van der Waals surface area contributed by atoms with Crippen LogP contribution in [0.25, 0.3) is 10.4 Å². The number of carbonyl (C=O) groups excluding carboxylic acids is 8. The van der Waals surface area contributed by atoms with Gasteiger partial charge in [-0.3, -0.25) is 48.6 Å². The van der Waals surface area contributed by atoms with Crippen molar-refractivity contribution in [2.24, 2.45) is 5.41 Å². The summed E-state index contributed by atoms with van der Waals surface area (Å²) in [6.45, 7) is 7.91. The Hall–Kier alpha value is -6.01. The molecule has 5 N–H and O–H groups in total. The number of ether oxygens (including phenoxy) is 1. The lowest BCUT2D eigenvalue weighted by molar-refractivity contribution is -0.144. The van der Waals surface area contributed by atoms with Gasteiger partial charge in [0.15, 0.2) is 6.61 Å². The summed E-state index contributed by atoms with van der Waals surface area (Å²) in [7, 11) is 0. The standard InChI is InChI=1S/C48H61N7O10S/c1-29-41(66-28-51-29)31-19-17-30(18-20-31)25-50-43(60)35-24-32(56)26-54(35)47(64)42(48(2,3)4)52-37(57)16-11-9-7-5-6-8-10-12-23-49-39(59)27-65-36-15-13-14-33-40(36)46(63)55(45(33)62)34-21-22-38(58)53-44(34)61/h13-15,17-20,28,32,34-35,42,56H,5-12,16,21-27H2,1-4H3,(H,49,59)(H,50,60)(H,52,57)(H,53,58,61)/t32-,34?,35+,42-/m1/s1. The number of hydrogen-bond donors (Lipinski definition) is 5. The van der Waals surface area contributed by atoms with Gasteiger partial charge in [0.2, 0.25) is 29.5 Å². The number of fused-ring (bicyclic) bond motifs is 1. The topological polar surface area (TPSA) is 234 Å². The number of rotatable bonds is 21. The third-order valence-corrected chi connectivity index (χ3v) is 13.1. The van der Waals surface area contributed by atoms with Crippen molar-refractivity contribution in [1.29, 1.82) is 0 Å². The number of aliphatic hydroxyl groups excluding tert-OH is 1. The van der Waals surface area contributed by atoms with E-state index in [1.807, 2.05) is 57.5 Å². The second-order valence-corrected chi connectivity index (χ2v) is 19.1. The highest BCUT2D eigenvalue weighted by Gasteiger charge is 2.47. The zero-order valence-corrected chi connectivity index (χ0v) is 38.9. The minimum atomic E-state index is -1.10. The van der Waals surface area contributed by atoms with Crippen molar-refractivity contribution in [2.75, 3.05) is 19.7 Å². The van der Waals surface area contributed by atoms with Crippen LogP contribution in [0, 0.1) is 12.3 Å². The molecule has 354 valence electrons. The molecular formula is C48H61N7O10S. The number of nitrogens with zero attached hydrogens (tertiary/aromatic N) is 3.